The number of hydrogen-bond acceptors (Lipinski definition) is 2. The van der Waals surface area contributed by atoms with Crippen LogP contribution in [0.4, 0.5) is 17.6 Å². The molecule has 120 valence electrons. The molecule has 0 aromatic heterocycles. The van der Waals surface area contributed by atoms with E-state index in [2.05, 4.69) is 5.32 Å². The molecular weight excluding hydrogens is 300 g/mol. The van der Waals surface area contributed by atoms with Crippen LogP contribution in [-0.4, -0.2) is 37.0 Å². The smallest absolute Gasteiger partial charge is 0.338 e. The Morgan fingerprint density at radius 1 is 1.23 bits per heavy atom. The molecule has 0 aliphatic carbocycles. The van der Waals surface area contributed by atoms with Crippen molar-refractivity contribution >= 4 is 5.91 Å². The summed E-state index contributed by atoms with van der Waals surface area (Å²) in [6, 6.07) is 1.97. The lowest BCUT2D eigenvalue weighted by Crippen LogP contribution is -2.43. The quantitative estimate of drug-likeness (QED) is 0.808. The van der Waals surface area contributed by atoms with Gasteiger partial charge < -0.3 is 10.2 Å². The molecule has 3 rings (SSSR count). The summed E-state index contributed by atoms with van der Waals surface area (Å²) in [6.45, 7) is 2.62. The number of alkyl halides is 3. The zero-order valence-electron chi connectivity index (χ0n) is 11.8. The summed E-state index contributed by atoms with van der Waals surface area (Å²) in [4.78, 5) is 13.9. The van der Waals surface area contributed by atoms with Gasteiger partial charge in [-0.2, -0.15) is 13.2 Å². The predicted octanol–water partition coefficient (Wildman–Crippen LogP) is 2.53. The van der Waals surface area contributed by atoms with Crippen molar-refractivity contribution in [2.24, 2.45) is 11.8 Å². The second-order valence-corrected chi connectivity index (χ2v) is 5.91. The van der Waals surface area contributed by atoms with Crippen LogP contribution in [0.3, 0.4) is 0 Å². The number of piperidine rings is 1. The molecule has 2 aliphatic rings. The van der Waals surface area contributed by atoms with Crippen LogP contribution in [0.15, 0.2) is 18.2 Å². The van der Waals surface area contributed by atoms with Crippen LogP contribution < -0.4 is 5.32 Å². The molecule has 1 amide bonds. The molecule has 0 saturated carbocycles. The first kappa shape index (κ1) is 15.3. The third-order valence-electron chi connectivity index (χ3n) is 4.52. The molecule has 2 saturated heterocycles. The van der Waals surface area contributed by atoms with Crippen molar-refractivity contribution < 1.29 is 22.4 Å². The van der Waals surface area contributed by atoms with Gasteiger partial charge in [0.2, 0.25) is 0 Å². The Morgan fingerprint density at radius 3 is 2.68 bits per heavy atom. The second-order valence-electron chi connectivity index (χ2n) is 5.91. The van der Waals surface area contributed by atoms with Crippen LogP contribution in [0.2, 0.25) is 0 Å². The highest BCUT2D eigenvalue weighted by atomic mass is 19.4. The molecule has 2 aliphatic heterocycles. The van der Waals surface area contributed by atoms with E-state index in [0.29, 0.717) is 43.1 Å². The number of rotatable bonds is 1. The lowest BCUT2D eigenvalue weighted by atomic mass is 9.88. The molecule has 2 unspecified atom stereocenters. The van der Waals surface area contributed by atoms with E-state index in [-0.39, 0.29) is 0 Å². The molecule has 2 atom stereocenters. The predicted molar refractivity (Wildman–Crippen MR) is 71.8 cm³/mol. The molecule has 3 nitrogen and oxygen atoms in total. The fraction of sp³-hybridized carbons (Fsp3) is 0.533. The number of amides is 1. The summed E-state index contributed by atoms with van der Waals surface area (Å²) in [7, 11) is 0. The molecule has 1 aromatic carbocycles. The number of hydrogen-bond donors (Lipinski definition) is 1. The maximum Gasteiger partial charge on any atom is 0.416 e. The summed E-state index contributed by atoms with van der Waals surface area (Å²) in [6.07, 6.45) is -3.80. The number of fused-ring (bicyclic) bond motifs is 1. The highest BCUT2D eigenvalue weighted by Gasteiger charge is 2.36. The van der Waals surface area contributed by atoms with E-state index >= 15 is 0 Å². The van der Waals surface area contributed by atoms with Crippen LogP contribution in [0.25, 0.3) is 0 Å². The van der Waals surface area contributed by atoms with Crippen molar-refractivity contribution in [1.29, 1.82) is 0 Å². The van der Waals surface area contributed by atoms with E-state index in [1.54, 1.807) is 0 Å². The van der Waals surface area contributed by atoms with Gasteiger partial charge in [0, 0.05) is 13.1 Å². The van der Waals surface area contributed by atoms with E-state index < -0.39 is 29.0 Å². The molecule has 22 heavy (non-hydrogen) atoms. The third-order valence-corrected chi connectivity index (χ3v) is 4.52. The maximum atomic E-state index is 13.8. The lowest BCUT2D eigenvalue weighted by molar-refractivity contribution is -0.137. The Hall–Kier alpha value is -1.63. The lowest BCUT2D eigenvalue weighted by Gasteiger charge is -2.34. The third kappa shape index (κ3) is 2.82. The topological polar surface area (TPSA) is 32.3 Å². The van der Waals surface area contributed by atoms with E-state index in [1.807, 2.05) is 0 Å². The zero-order chi connectivity index (χ0) is 15.9. The van der Waals surface area contributed by atoms with Gasteiger partial charge in [-0.3, -0.25) is 4.79 Å². The van der Waals surface area contributed by atoms with Gasteiger partial charge in [-0.05, 0) is 49.5 Å². The zero-order valence-corrected chi connectivity index (χ0v) is 11.8. The van der Waals surface area contributed by atoms with Gasteiger partial charge in [-0.1, -0.05) is 0 Å². The minimum absolute atomic E-state index is 0.298. The van der Waals surface area contributed by atoms with Crippen LogP contribution in [0.5, 0.6) is 0 Å². The number of nitrogens with zero attached hydrogens (tertiary/aromatic N) is 1. The highest BCUT2D eigenvalue weighted by Crippen LogP contribution is 2.32. The number of likely N-dealkylation sites (tertiary alicyclic amines) is 1. The molecule has 2 fully saturated rings. The SMILES string of the molecule is O=C(c1cc(C(F)(F)F)ccc1F)N1CCC2CNCC2C1. The van der Waals surface area contributed by atoms with Gasteiger partial charge in [0.25, 0.3) is 5.91 Å². The summed E-state index contributed by atoms with van der Waals surface area (Å²) in [5.74, 6) is -0.777. The number of halogens is 4. The minimum Gasteiger partial charge on any atom is -0.338 e. The van der Waals surface area contributed by atoms with Crippen molar-refractivity contribution in [3.63, 3.8) is 0 Å². The average Bonchev–Trinajstić information content (AvgIpc) is 2.93. The van der Waals surface area contributed by atoms with E-state index in [1.165, 1.54) is 4.90 Å². The molecule has 0 radical (unpaired) electrons. The number of carbonyl (C=O) groups excluding carboxylic acids is 1. The fourth-order valence-electron chi connectivity index (χ4n) is 3.26. The number of benzene rings is 1. The van der Waals surface area contributed by atoms with Crippen LogP contribution >= 0.6 is 0 Å². The largest absolute Gasteiger partial charge is 0.416 e. The molecule has 0 bridgehead atoms. The first-order valence-corrected chi connectivity index (χ1v) is 7.23. The van der Waals surface area contributed by atoms with Crippen LogP contribution in [0.1, 0.15) is 22.3 Å². The molecular formula is C15H16F4N2O. The van der Waals surface area contributed by atoms with Crippen molar-refractivity contribution in [2.75, 3.05) is 26.2 Å². The fourth-order valence-corrected chi connectivity index (χ4v) is 3.26. The van der Waals surface area contributed by atoms with Crippen molar-refractivity contribution in [1.82, 2.24) is 10.2 Å². The van der Waals surface area contributed by atoms with Gasteiger partial charge in [0.15, 0.2) is 0 Å². The van der Waals surface area contributed by atoms with Crippen LogP contribution in [-0.2, 0) is 6.18 Å². The van der Waals surface area contributed by atoms with Crippen molar-refractivity contribution in [2.45, 2.75) is 12.6 Å². The Bertz CT molecular complexity index is 587. The number of carbonyl (C=O) groups is 1. The van der Waals surface area contributed by atoms with Crippen molar-refractivity contribution in [3.8, 4) is 0 Å². The van der Waals surface area contributed by atoms with Gasteiger partial charge >= 0.3 is 6.18 Å². The van der Waals surface area contributed by atoms with Crippen molar-refractivity contribution in [3.05, 3.63) is 35.1 Å². The average molecular weight is 316 g/mol. The minimum atomic E-state index is -4.59. The number of nitrogens with one attached hydrogen (secondary N) is 1. The Balaban J connectivity index is 1.82. The second kappa shape index (κ2) is 5.53. The standard InChI is InChI=1S/C15H16F4N2O/c16-13-2-1-11(15(17,18)19)5-12(13)14(22)21-4-3-9-6-20-7-10(9)8-21/h1-2,5,9-10,20H,3-4,6-8H2. The Morgan fingerprint density at radius 2 is 1.95 bits per heavy atom. The highest BCUT2D eigenvalue weighted by molar-refractivity contribution is 5.94. The van der Waals surface area contributed by atoms with Gasteiger partial charge in [0.05, 0.1) is 11.1 Å². The first-order chi connectivity index (χ1) is 10.4. The summed E-state index contributed by atoms with van der Waals surface area (Å²) >= 11 is 0. The summed E-state index contributed by atoms with van der Waals surface area (Å²) in [5, 5.41) is 3.24. The monoisotopic (exact) mass is 316 g/mol. The molecule has 1 aromatic rings. The summed E-state index contributed by atoms with van der Waals surface area (Å²) < 4.78 is 52.0. The van der Waals surface area contributed by atoms with E-state index in [4.69, 9.17) is 0 Å². The first-order valence-electron chi connectivity index (χ1n) is 7.23. The Labute approximate surface area is 125 Å². The van der Waals surface area contributed by atoms with Gasteiger partial charge in [0.1, 0.15) is 5.82 Å². The molecule has 0 spiro atoms. The van der Waals surface area contributed by atoms with Gasteiger partial charge in [-0.25, -0.2) is 4.39 Å². The molecule has 7 heteroatoms. The maximum absolute atomic E-state index is 13.8. The summed E-state index contributed by atoms with van der Waals surface area (Å²) in [5.41, 5.74) is -1.51. The van der Waals surface area contributed by atoms with Gasteiger partial charge in [-0.15, -0.1) is 0 Å². The van der Waals surface area contributed by atoms with E-state index in [0.717, 1.165) is 19.5 Å². The normalized spacial score (nSPS) is 25.2. The van der Waals surface area contributed by atoms with E-state index in [9.17, 15) is 22.4 Å². The van der Waals surface area contributed by atoms with Crippen LogP contribution in [0, 0.1) is 17.7 Å². The molecule has 1 N–H and O–H groups in total. The Kier molecular flexibility index (Phi) is 3.84. The molecule has 2 heterocycles.